The summed E-state index contributed by atoms with van der Waals surface area (Å²) < 4.78 is 11.5. The van der Waals surface area contributed by atoms with E-state index < -0.39 is 5.97 Å². The molecule has 3 nitrogen and oxygen atoms in total. The Bertz CT molecular complexity index is 1080. The second kappa shape index (κ2) is 8.40. The van der Waals surface area contributed by atoms with Gasteiger partial charge in [-0.15, -0.1) is 0 Å². The molecule has 4 aromatic carbocycles. The first-order chi connectivity index (χ1) is 13.8. The van der Waals surface area contributed by atoms with Crippen molar-refractivity contribution in [2.45, 2.75) is 13.2 Å². The molecule has 0 saturated carbocycles. The van der Waals surface area contributed by atoms with Crippen LogP contribution >= 0.6 is 0 Å². The summed E-state index contributed by atoms with van der Waals surface area (Å²) in [5.74, 6) is 0.130. The number of fused-ring (bicyclic) bond motifs is 1. The SMILES string of the molecule is O=C(OCc1cccc2ccccc12)c1ccccc1OCc1ccccc1. The van der Waals surface area contributed by atoms with E-state index in [4.69, 9.17) is 9.47 Å². The molecular weight excluding hydrogens is 348 g/mol. The Morgan fingerprint density at radius 3 is 2.29 bits per heavy atom. The van der Waals surface area contributed by atoms with E-state index in [-0.39, 0.29) is 6.61 Å². The molecule has 0 aliphatic heterocycles. The first-order valence-corrected chi connectivity index (χ1v) is 9.21. The van der Waals surface area contributed by atoms with Gasteiger partial charge in [0.1, 0.15) is 24.5 Å². The summed E-state index contributed by atoms with van der Waals surface area (Å²) in [6.07, 6.45) is 0. The minimum absolute atomic E-state index is 0.215. The maximum atomic E-state index is 12.7. The van der Waals surface area contributed by atoms with E-state index in [9.17, 15) is 4.79 Å². The van der Waals surface area contributed by atoms with E-state index in [1.165, 1.54) is 0 Å². The molecule has 0 bridgehead atoms. The van der Waals surface area contributed by atoms with Crippen molar-refractivity contribution >= 4 is 16.7 Å². The highest BCUT2D eigenvalue weighted by Gasteiger charge is 2.14. The zero-order valence-corrected chi connectivity index (χ0v) is 15.4. The lowest BCUT2D eigenvalue weighted by Crippen LogP contribution is -2.08. The van der Waals surface area contributed by atoms with E-state index in [1.807, 2.05) is 84.9 Å². The Hall–Kier alpha value is -3.59. The van der Waals surface area contributed by atoms with Gasteiger partial charge in [-0.1, -0.05) is 84.9 Å². The highest BCUT2D eigenvalue weighted by Crippen LogP contribution is 2.23. The molecule has 0 saturated heterocycles. The maximum absolute atomic E-state index is 12.7. The second-order valence-corrected chi connectivity index (χ2v) is 6.48. The summed E-state index contributed by atoms with van der Waals surface area (Å²) in [5.41, 5.74) is 2.45. The van der Waals surface area contributed by atoms with Crippen LogP contribution in [0.15, 0.2) is 97.1 Å². The fraction of sp³-hybridized carbons (Fsp3) is 0.0800. The Morgan fingerprint density at radius 1 is 0.679 bits per heavy atom. The van der Waals surface area contributed by atoms with Crippen molar-refractivity contribution in [3.8, 4) is 5.75 Å². The molecule has 4 aromatic rings. The van der Waals surface area contributed by atoms with Crippen LogP contribution in [0, 0.1) is 0 Å². The number of ether oxygens (including phenoxy) is 2. The summed E-state index contributed by atoms with van der Waals surface area (Å²) in [4.78, 5) is 12.7. The van der Waals surface area contributed by atoms with Gasteiger partial charge in [-0.05, 0) is 34.0 Å². The third kappa shape index (κ3) is 4.04. The Kier molecular flexibility index (Phi) is 5.34. The van der Waals surface area contributed by atoms with Gasteiger partial charge in [0.05, 0.1) is 0 Å². The minimum atomic E-state index is -0.392. The molecule has 3 heteroatoms. The molecule has 0 atom stereocenters. The van der Waals surface area contributed by atoms with Crippen LogP contribution in [0.4, 0.5) is 0 Å². The lowest BCUT2D eigenvalue weighted by Gasteiger charge is -2.12. The standard InChI is InChI=1S/C25H20O3/c26-25(28-18-21-13-8-12-20-11-4-5-14-22(20)21)23-15-6-7-16-24(23)27-17-19-9-2-1-3-10-19/h1-16H,17-18H2. The predicted molar refractivity (Wildman–Crippen MR) is 110 cm³/mol. The zero-order valence-electron chi connectivity index (χ0n) is 15.4. The van der Waals surface area contributed by atoms with Crippen LogP contribution in [-0.4, -0.2) is 5.97 Å². The van der Waals surface area contributed by atoms with Crippen LogP contribution in [0.2, 0.25) is 0 Å². The third-order valence-electron chi connectivity index (χ3n) is 4.58. The van der Waals surface area contributed by atoms with E-state index in [1.54, 1.807) is 12.1 Å². The van der Waals surface area contributed by atoms with Gasteiger partial charge in [0.15, 0.2) is 0 Å². The van der Waals surface area contributed by atoms with E-state index in [0.717, 1.165) is 21.9 Å². The van der Waals surface area contributed by atoms with Gasteiger partial charge in [-0.3, -0.25) is 0 Å². The zero-order chi connectivity index (χ0) is 19.2. The van der Waals surface area contributed by atoms with Gasteiger partial charge in [0.25, 0.3) is 0 Å². The van der Waals surface area contributed by atoms with Crippen molar-refractivity contribution in [1.29, 1.82) is 0 Å². The Morgan fingerprint density at radius 2 is 1.39 bits per heavy atom. The molecule has 0 aromatic heterocycles. The van der Waals surface area contributed by atoms with E-state index in [0.29, 0.717) is 17.9 Å². The normalized spacial score (nSPS) is 10.6. The molecule has 0 heterocycles. The molecule has 28 heavy (non-hydrogen) atoms. The van der Waals surface area contributed by atoms with Crippen LogP contribution < -0.4 is 4.74 Å². The number of para-hydroxylation sites is 1. The lowest BCUT2D eigenvalue weighted by atomic mass is 10.1. The lowest BCUT2D eigenvalue weighted by molar-refractivity contribution is 0.0469. The molecule has 0 amide bonds. The summed E-state index contributed by atoms with van der Waals surface area (Å²) in [6, 6.07) is 31.1. The average molecular weight is 368 g/mol. The van der Waals surface area contributed by atoms with Crippen LogP contribution in [0.3, 0.4) is 0 Å². The second-order valence-electron chi connectivity index (χ2n) is 6.48. The van der Waals surface area contributed by atoms with Gasteiger partial charge < -0.3 is 9.47 Å². The summed E-state index contributed by atoms with van der Waals surface area (Å²) in [6.45, 7) is 0.613. The van der Waals surface area contributed by atoms with Gasteiger partial charge in [0, 0.05) is 0 Å². The molecule has 4 rings (SSSR count). The van der Waals surface area contributed by atoms with Crippen molar-refractivity contribution in [1.82, 2.24) is 0 Å². The highest BCUT2D eigenvalue weighted by atomic mass is 16.5. The van der Waals surface area contributed by atoms with Crippen molar-refractivity contribution in [3.63, 3.8) is 0 Å². The van der Waals surface area contributed by atoms with Gasteiger partial charge in [-0.25, -0.2) is 4.79 Å². The minimum Gasteiger partial charge on any atom is -0.488 e. The van der Waals surface area contributed by atoms with Crippen molar-refractivity contribution in [2.75, 3.05) is 0 Å². The summed E-state index contributed by atoms with van der Waals surface area (Å²) in [7, 11) is 0. The molecule has 0 radical (unpaired) electrons. The Balaban J connectivity index is 1.47. The number of carbonyl (C=O) groups excluding carboxylic acids is 1. The predicted octanol–water partition coefficient (Wildman–Crippen LogP) is 5.78. The van der Waals surface area contributed by atoms with Crippen molar-refractivity contribution in [2.24, 2.45) is 0 Å². The van der Waals surface area contributed by atoms with Crippen LogP contribution in [-0.2, 0) is 18.0 Å². The fourth-order valence-corrected chi connectivity index (χ4v) is 3.14. The van der Waals surface area contributed by atoms with Crippen LogP contribution in [0.25, 0.3) is 10.8 Å². The Labute approximate surface area is 164 Å². The molecular formula is C25H20O3. The van der Waals surface area contributed by atoms with Gasteiger partial charge in [0.2, 0.25) is 0 Å². The molecule has 0 unspecified atom stereocenters. The first kappa shape index (κ1) is 17.8. The average Bonchev–Trinajstić information content (AvgIpc) is 2.77. The number of hydrogen-bond donors (Lipinski definition) is 0. The van der Waals surface area contributed by atoms with Crippen LogP contribution in [0.1, 0.15) is 21.5 Å². The molecule has 0 N–H and O–H groups in total. The summed E-state index contributed by atoms with van der Waals surface area (Å²) in [5, 5.41) is 2.22. The quantitative estimate of drug-likeness (QED) is 0.405. The number of esters is 1. The number of benzene rings is 4. The largest absolute Gasteiger partial charge is 0.488 e. The van der Waals surface area contributed by atoms with Crippen molar-refractivity contribution < 1.29 is 14.3 Å². The smallest absolute Gasteiger partial charge is 0.342 e. The fourth-order valence-electron chi connectivity index (χ4n) is 3.14. The van der Waals surface area contributed by atoms with Crippen LogP contribution in [0.5, 0.6) is 5.75 Å². The molecule has 0 aliphatic carbocycles. The maximum Gasteiger partial charge on any atom is 0.342 e. The molecule has 0 aliphatic rings. The van der Waals surface area contributed by atoms with E-state index in [2.05, 4.69) is 0 Å². The van der Waals surface area contributed by atoms with Gasteiger partial charge in [-0.2, -0.15) is 0 Å². The number of carbonyl (C=O) groups is 1. The van der Waals surface area contributed by atoms with E-state index >= 15 is 0 Å². The van der Waals surface area contributed by atoms with Gasteiger partial charge >= 0.3 is 5.97 Å². The van der Waals surface area contributed by atoms with Crippen molar-refractivity contribution in [3.05, 3.63) is 114 Å². The number of hydrogen-bond acceptors (Lipinski definition) is 3. The topological polar surface area (TPSA) is 35.5 Å². The summed E-state index contributed by atoms with van der Waals surface area (Å²) >= 11 is 0. The molecule has 138 valence electrons. The number of rotatable bonds is 6. The third-order valence-corrected chi connectivity index (χ3v) is 4.58. The molecule has 0 fully saturated rings. The highest BCUT2D eigenvalue weighted by molar-refractivity contribution is 5.93. The molecule has 0 spiro atoms. The first-order valence-electron chi connectivity index (χ1n) is 9.21. The monoisotopic (exact) mass is 368 g/mol.